The first-order valence-corrected chi connectivity index (χ1v) is 10.0. The minimum atomic E-state index is -4.54. The van der Waals surface area contributed by atoms with Gasteiger partial charge in [0.15, 0.2) is 0 Å². The Labute approximate surface area is 182 Å². The maximum absolute atomic E-state index is 13.1. The van der Waals surface area contributed by atoms with E-state index in [2.05, 4.69) is 16.0 Å². The van der Waals surface area contributed by atoms with Crippen molar-refractivity contribution in [2.75, 3.05) is 18.4 Å². The van der Waals surface area contributed by atoms with Gasteiger partial charge in [-0.05, 0) is 80.4 Å². The average molecular weight is 449 g/mol. The number of piperidine rings is 1. The second-order valence-electron chi connectivity index (χ2n) is 7.75. The number of anilines is 1. The lowest BCUT2D eigenvalue weighted by Gasteiger charge is -2.36. The Hall–Kier alpha value is -3.20. The van der Waals surface area contributed by atoms with Crippen molar-refractivity contribution >= 4 is 23.6 Å². The number of hydrogen-bond acceptors (Lipinski definition) is 3. The van der Waals surface area contributed by atoms with Crippen LogP contribution in [0, 0.1) is 12.7 Å². The summed E-state index contributed by atoms with van der Waals surface area (Å²) in [6.45, 7) is 2.42. The Morgan fingerprint density at radius 3 is 2.34 bits per heavy atom. The molecule has 1 aliphatic heterocycles. The fraction of sp³-hybridized carbons (Fsp3) is 0.304. The molecule has 2 amide bonds. The molecular formula is C23H23F4N3O2. The quantitative estimate of drug-likeness (QED) is 0.477. The van der Waals surface area contributed by atoms with Crippen LogP contribution in [0.4, 0.5) is 23.2 Å². The second-order valence-corrected chi connectivity index (χ2v) is 7.75. The van der Waals surface area contributed by atoms with Crippen molar-refractivity contribution in [2.24, 2.45) is 0 Å². The third-order valence-corrected chi connectivity index (χ3v) is 5.21. The number of aryl methyl sites for hydroxylation is 1. The van der Waals surface area contributed by atoms with E-state index in [9.17, 15) is 27.2 Å². The van der Waals surface area contributed by atoms with Gasteiger partial charge in [0.25, 0.3) is 0 Å². The van der Waals surface area contributed by atoms with Gasteiger partial charge in [0.1, 0.15) is 11.4 Å². The summed E-state index contributed by atoms with van der Waals surface area (Å²) in [5, 5.41) is 8.36. The molecule has 0 unspecified atom stereocenters. The van der Waals surface area contributed by atoms with Crippen LogP contribution in [0.1, 0.15) is 29.5 Å². The molecule has 32 heavy (non-hydrogen) atoms. The molecule has 2 aromatic carbocycles. The highest BCUT2D eigenvalue weighted by atomic mass is 19.4. The topological polar surface area (TPSA) is 70.2 Å². The summed E-state index contributed by atoms with van der Waals surface area (Å²) < 4.78 is 52.4. The highest BCUT2D eigenvalue weighted by Gasteiger charge is 2.41. The highest BCUT2D eigenvalue weighted by molar-refractivity contribution is 6.03. The number of carbonyl (C=O) groups excluding carboxylic acids is 2. The number of carbonyl (C=O) groups is 2. The first kappa shape index (κ1) is 23.5. The van der Waals surface area contributed by atoms with Gasteiger partial charge in [-0.25, -0.2) is 4.39 Å². The summed E-state index contributed by atoms with van der Waals surface area (Å²) in [6, 6.07) is 8.84. The van der Waals surface area contributed by atoms with Gasteiger partial charge in [-0.1, -0.05) is 12.1 Å². The molecule has 1 heterocycles. The molecule has 0 bridgehead atoms. The van der Waals surface area contributed by atoms with E-state index in [0.717, 1.165) is 12.1 Å². The first-order valence-electron chi connectivity index (χ1n) is 10.0. The van der Waals surface area contributed by atoms with E-state index in [4.69, 9.17) is 0 Å². The molecule has 5 nitrogen and oxygen atoms in total. The molecule has 0 aliphatic carbocycles. The summed E-state index contributed by atoms with van der Waals surface area (Å²) in [5.74, 6) is -1.52. The number of hydrogen-bond donors (Lipinski definition) is 3. The smallest absolute Gasteiger partial charge is 0.338 e. The van der Waals surface area contributed by atoms with Crippen LogP contribution in [-0.4, -0.2) is 30.4 Å². The molecule has 1 fully saturated rings. The van der Waals surface area contributed by atoms with Crippen molar-refractivity contribution < 1.29 is 27.2 Å². The van der Waals surface area contributed by atoms with E-state index in [1.54, 1.807) is 0 Å². The molecule has 1 saturated heterocycles. The standard InChI is InChI=1S/C23H23F4N3O2/c1-15-12-17(23(25,26)27)14-19(13-15)29-21(32)22(8-10-28-11-9-22)30-20(31)7-4-16-2-5-18(24)6-3-16/h2-7,12-14,28H,8-11H2,1H3,(H,29,32)(H,30,31)/b7-4+. The van der Waals surface area contributed by atoms with E-state index in [0.29, 0.717) is 24.2 Å². The number of rotatable bonds is 5. The third kappa shape index (κ3) is 5.94. The normalized spacial score (nSPS) is 16.0. The Balaban J connectivity index is 1.78. The minimum Gasteiger partial charge on any atom is -0.338 e. The van der Waals surface area contributed by atoms with Gasteiger partial charge in [0.05, 0.1) is 5.56 Å². The zero-order valence-electron chi connectivity index (χ0n) is 17.4. The maximum atomic E-state index is 13.1. The van der Waals surface area contributed by atoms with Crippen LogP contribution in [0.15, 0.2) is 48.5 Å². The zero-order valence-corrected chi connectivity index (χ0v) is 17.4. The summed E-state index contributed by atoms with van der Waals surface area (Å²) in [5.41, 5.74) is -1.18. The summed E-state index contributed by atoms with van der Waals surface area (Å²) in [6.07, 6.45) is -1.28. The van der Waals surface area contributed by atoms with E-state index in [1.807, 2.05) is 0 Å². The predicted octanol–water partition coefficient (Wildman–Crippen LogP) is 4.04. The zero-order chi connectivity index (χ0) is 23.4. The minimum absolute atomic E-state index is 0.0105. The van der Waals surface area contributed by atoms with Crippen molar-refractivity contribution in [1.29, 1.82) is 0 Å². The van der Waals surface area contributed by atoms with Gasteiger partial charge in [-0.2, -0.15) is 13.2 Å². The lowest BCUT2D eigenvalue weighted by atomic mass is 9.87. The van der Waals surface area contributed by atoms with Crippen LogP contribution in [0.2, 0.25) is 0 Å². The Morgan fingerprint density at radius 2 is 1.72 bits per heavy atom. The van der Waals surface area contributed by atoms with Gasteiger partial charge in [0, 0.05) is 11.8 Å². The average Bonchev–Trinajstić information content (AvgIpc) is 2.73. The maximum Gasteiger partial charge on any atom is 0.416 e. The van der Waals surface area contributed by atoms with Gasteiger partial charge in [-0.15, -0.1) is 0 Å². The van der Waals surface area contributed by atoms with Crippen molar-refractivity contribution in [3.8, 4) is 0 Å². The van der Waals surface area contributed by atoms with E-state index >= 15 is 0 Å². The molecule has 0 saturated carbocycles. The van der Waals surface area contributed by atoms with Crippen LogP contribution in [0.25, 0.3) is 6.08 Å². The molecule has 2 aromatic rings. The Bertz CT molecular complexity index is 1010. The van der Waals surface area contributed by atoms with E-state index < -0.39 is 34.9 Å². The Morgan fingerprint density at radius 1 is 1.06 bits per heavy atom. The SMILES string of the molecule is Cc1cc(NC(=O)C2(NC(=O)/C=C/c3ccc(F)cc3)CCNCC2)cc(C(F)(F)F)c1. The number of alkyl halides is 3. The number of halogens is 4. The number of nitrogens with one attached hydrogen (secondary N) is 3. The fourth-order valence-corrected chi connectivity index (χ4v) is 3.56. The lowest BCUT2D eigenvalue weighted by Crippen LogP contribution is -2.61. The van der Waals surface area contributed by atoms with Gasteiger partial charge in [-0.3, -0.25) is 9.59 Å². The van der Waals surface area contributed by atoms with Crippen LogP contribution in [-0.2, 0) is 15.8 Å². The van der Waals surface area contributed by atoms with Gasteiger partial charge < -0.3 is 16.0 Å². The second kappa shape index (κ2) is 9.52. The van der Waals surface area contributed by atoms with E-state index in [1.165, 1.54) is 49.4 Å². The summed E-state index contributed by atoms with van der Waals surface area (Å²) in [7, 11) is 0. The molecule has 9 heteroatoms. The molecular weight excluding hydrogens is 426 g/mol. The van der Waals surface area contributed by atoms with Crippen molar-refractivity contribution in [3.05, 3.63) is 71.0 Å². The number of amides is 2. The van der Waals surface area contributed by atoms with Gasteiger partial charge >= 0.3 is 6.18 Å². The van der Waals surface area contributed by atoms with Crippen LogP contribution < -0.4 is 16.0 Å². The van der Waals surface area contributed by atoms with Gasteiger partial charge in [0.2, 0.25) is 11.8 Å². The van der Waals surface area contributed by atoms with Crippen molar-refractivity contribution in [3.63, 3.8) is 0 Å². The largest absolute Gasteiger partial charge is 0.416 e. The lowest BCUT2D eigenvalue weighted by molar-refractivity contribution is -0.137. The predicted molar refractivity (Wildman–Crippen MR) is 113 cm³/mol. The molecule has 0 spiro atoms. The molecule has 0 aromatic heterocycles. The molecule has 1 aliphatic rings. The molecule has 3 rings (SSSR count). The monoisotopic (exact) mass is 449 g/mol. The van der Waals surface area contributed by atoms with E-state index in [-0.39, 0.29) is 18.5 Å². The third-order valence-electron chi connectivity index (χ3n) is 5.21. The first-order chi connectivity index (χ1) is 15.1. The van der Waals surface area contributed by atoms with Crippen LogP contribution in [0.3, 0.4) is 0 Å². The molecule has 0 radical (unpaired) electrons. The van der Waals surface area contributed by atoms with Crippen LogP contribution >= 0.6 is 0 Å². The molecule has 3 N–H and O–H groups in total. The molecule has 170 valence electrons. The molecule has 0 atom stereocenters. The summed E-state index contributed by atoms with van der Waals surface area (Å²) >= 11 is 0. The fourth-order valence-electron chi connectivity index (χ4n) is 3.56. The number of benzene rings is 2. The highest BCUT2D eigenvalue weighted by Crippen LogP contribution is 2.32. The summed E-state index contributed by atoms with van der Waals surface area (Å²) in [4.78, 5) is 25.6. The van der Waals surface area contributed by atoms with Crippen molar-refractivity contribution in [2.45, 2.75) is 31.5 Å². The Kier molecular flexibility index (Phi) is 6.98. The van der Waals surface area contributed by atoms with Crippen LogP contribution in [0.5, 0.6) is 0 Å². The van der Waals surface area contributed by atoms with Crippen molar-refractivity contribution in [1.82, 2.24) is 10.6 Å².